The molecular formula is C6H3Cl2F2N. The van der Waals surface area contributed by atoms with Crippen molar-refractivity contribution < 1.29 is 8.78 Å². The fraction of sp³-hybridized carbons (Fsp3) is 0. The lowest BCUT2D eigenvalue weighted by Crippen LogP contribution is -1.93. The van der Waals surface area contributed by atoms with E-state index in [0.717, 1.165) is 6.07 Å². The first kappa shape index (κ1) is 8.56. The van der Waals surface area contributed by atoms with E-state index in [2.05, 4.69) is 0 Å². The van der Waals surface area contributed by atoms with Gasteiger partial charge in [0, 0.05) is 6.07 Å². The van der Waals surface area contributed by atoms with Gasteiger partial charge in [-0.05, 0) is 0 Å². The van der Waals surface area contributed by atoms with Gasteiger partial charge in [0.15, 0.2) is 5.82 Å². The highest BCUT2D eigenvalue weighted by atomic mass is 35.5. The summed E-state index contributed by atoms with van der Waals surface area (Å²) >= 11 is 10.5. The summed E-state index contributed by atoms with van der Waals surface area (Å²) in [6.07, 6.45) is 0. The summed E-state index contributed by atoms with van der Waals surface area (Å²) in [5.41, 5.74) is 4.96. The van der Waals surface area contributed by atoms with Crippen LogP contribution in [-0.4, -0.2) is 0 Å². The predicted octanol–water partition coefficient (Wildman–Crippen LogP) is 2.85. The van der Waals surface area contributed by atoms with Crippen LogP contribution in [0, 0.1) is 11.6 Å². The van der Waals surface area contributed by atoms with Crippen LogP contribution >= 0.6 is 23.2 Å². The van der Waals surface area contributed by atoms with Crippen LogP contribution in [-0.2, 0) is 0 Å². The summed E-state index contributed by atoms with van der Waals surface area (Å²) in [6, 6.07) is 0.869. The number of benzene rings is 1. The number of nitrogens with two attached hydrogens (primary N) is 1. The maximum Gasteiger partial charge on any atom is 0.165 e. The fourth-order valence-corrected chi connectivity index (χ4v) is 0.938. The second-order valence-corrected chi connectivity index (χ2v) is 2.65. The quantitative estimate of drug-likeness (QED) is 0.387. The number of hydrogen-bond acceptors (Lipinski definition) is 1. The smallest absolute Gasteiger partial charge is 0.165 e. The summed E-state index contributed by atoms with van der Waals surface area (Å²) in [4.78, 5) is 0. The fourth-order valence-electron chi connectivity index (χ4n) is 0.591. The van der Waals surface area contributed by atoms with Crippen LogP contribution in [0.3, 0.4) is 0 Å². The van der Waals surface area contributed by atoms with E-state index in [0.29, 0.717) is 0 Å². The van der Waals surface area contributed by atoms with E-state index in [1.165, 1.54) is 0 Å². The first-order valence-electron chi connectivity index (χ1n) is 2.62. The van der Waals surface area contributed by atoms with E-state index in [9.17, 15) is 8.78 Å². The molecule has 0 saturated heterocycles. The predicted molar refractivity (Wildman–Crippen MR) is 40.8 cm³/mol. The van der Waals surface area contributed by atoms with E-state index in [1.54, 1.807) is 0 Å². The largest absolute Gasteiger partial charge is 0.397 e. The van der Waals surface area contributed by atoms with Crippen LogP contribution in [0.5, 0.6) is 0 Å². The van der Waals surface area contributed by atoms with Crippen LogP contribution < -0.4 is 5.73 Å². The molecule has 0 aromatic heterocycles. The molecule has 11 heavy (non-hydrogen) atoms. The van der Waals surface area contributed by atoms with Gasteiger partial charge in [-0.3, -0.25) is 0 Å². The molecule has 2 N–H and O–H groups in total. The van der Waals surface area contributed by atoms with E-state index in [1.807, 2.05) is 0 Å². The van der Waals surface area contributed by atoms with Gasteiger partial charge in [-0.25, -0.2) is 8.78 Å². The Morgan fingerprint density at radius 2 is 1.73 bits per heavy atom. The highest BCUT2D eigenvalue weighted by Crippen LogP contribution is 2.30. The number of hydrogen-bond donors (Lipinski definition) is 1. The second kappa shape index (κ2) is 2.83. The Hall–Kier alpha value is -0.540. The molecule has 0 bridgehead atoms. The van der Waals surface area contributed by atoms with Gasteiger partial charge in [0.2, 0.25) is 0 Å². The van der Waals surface area contributed by atoms with Gasteiger partial charge in [-0.2, -0.15) is 0 Å². The van der Waals surface area contributed by atoms with E-state index < -0.39 is 16.7 Å². The van der Waals surface area contributed by atoms with Crippen molar-refractivity contribution in [2.75, 3.05) is 5.73 Å². The molecule has 0 aliphatic carbocycles. The van der Waals surface area contributed by atoms with Crippen molar-refractivity contribution in [3.63, 3.8) is 0 Å². The molecular weight excluding hydrogens is 195 g/mol. The van der Waals surface area contributed by atoms with Crippen molar-refractivity contribution in [2.24, 2.45) is 0 Å². The van der Waals surface area contributed by atoms with E-state index >= 15 is 0 Å². The molecule has 60 valence electrons. The minimum Gasteiger partial charge on any atom is -0.397 e. The minimum absolute atomic E-state index is 0.161. The normalized spacial score (nSPS) is 10.2. The molecule has 0 unspecified atom stereocenters. The van der Waals surface area contributed by atoms with E-state index in [-0.39, 0.29) is 10.7 Å². The third-order valence-electron chi connectivity index (χ3n) is 1.13. The van der Waals surface area contributed by atoms with Crippen LogP contribution in [0.2, 0.25) is 10.0 Å². The number of anilines is 1. The summed E-state index contributed by atoms with van der Waals surface area (Å²) in [5.74, 6) is -1.93. The first-order chi connectivity index (χ1) is 5.04. The molecule has 0 aliphatic heterocycles. The summed E-state index contributed by atoms with van der Waals surface area (Å²) in [5, 5.41) is -0.986. The van der Waals surface area contributed by atoms with Gasteiger partial charge in [0.05, 0.1) is 5.69 Å². The molecule has 0 aliphatic rings. The Bertz CT molecular complexity index is 275. The molecule has 0 saturated carbocycles. The molecule has 1 aromatic rings. The second-order valence-electron chi connectivity index (χ2n) is 1.89. The maximum atomic E-state index is 12.7. The Balaban J connectivity index is 3.46. The van der Waals surface area contributed by atoms with E-state index in [4.69, 9.17) is 28.9 Å². The molecule has 1 nitrogen and oxygen atoms in total. The van der Waals surface area contributed by atoms with Gasteiger partial charge in [0.25, 0.3) is 0 Å². The highest BCUT2D eigenvalue weighted by molar-refractivity contribution is 6.36. The molecule has 1 rings (SSSR count). The van der Waals surface area contributed by atoms with Crippen molar-refractivity contribution >= 4 is 28.9 Å². The lowest BCUT2D eigenvalue weighted by Gasteiger charge is -2.01. The van der Waals surface area contributed by atoms with Crippen LogP contribution in [0.25, 0.3) is 0 Å². The Morgan fingerprint density at radius 3 is 2.27 bits per heavy atom. The van der Waals surface area contributed by atoms with Crippen LogP contribution in [0.15, 0.2) is 6.07 Å². The van der Waals surface area contributed by atoms with Gasteiger partial charge >= 0.3 is 0 Å². The molecule has 0 atom stereocenters. The number of halogens is 4. The number of nitrogen functional groups attached to an aromatic ring is 1. The maximum absolute atomic E-state index is 12.7. The minimum atomic E-state index is -1.02. The summed E-state index contributed by atoms with van der Waals surface area (Å²) < 4.78 is 25.2. The molecule has 0 spiro atoms. The molecule has 0 heterocycles. The topological polar surface area (TPSA) is 26.0 Å². The van der Waals surface area contributed by atoms with Gasteiger partial charge in [-0.1, -0.05) is 23.2 Å². The molecule has 1 aromatic carbocycles. The lowest BCUT2D eigenvalue weighted by molar-refractivity contribution is 0.585. The van der Waals surface area contributed by atoms with Gasteiger partial charge < -0.3 is 5.73 Å². The van der Waals surface area contributed by atoms with Crippen molar-refractivity contribution in [2.45, 2.75) is 0 Å². The standard InChI is InChI=1S/C6H3Cl2F2N/c7-4-2(9)1-3(11)5(8)6(4)10/h1H,11H2. The Kier molecular flexibility index (Phi) is 2.20. The van der Waals surface area contributed by atoms with Crippen molar-refractivity contribution in [1.29, 1.82) is 0 Å². The lowest BCUT2D eigenvalue weighted by atomic mass is 10.3. The van der Waals surface area contributed by atoms with Crippen LogP contribution in [0.1, 0.15) is 0 Å². The zero-order chi connectivity index (χ0) is 8.59. The zero-order valence-corrected chi connectivity index (χ0v) is 6.68. The summed E-state index contributed by atoms with van der Waals surface area (Å²) in [7, 11) is 0. The zero-order valence-electron chi connectivity index (χ0n) is 5.17. The third-order valence-corrected chi connectivity index (χ3v) is 1.86. The van der Waals surface area contributed by atoms with Crippen molar-refractivity contribution in [3.05, 3.63) is 27.7 Å². The number of rotatable bonds is 0. The van der Waals surface area contributed by atoms with Crippen molar-refractivity contribution in [3.8, 4) is 0 Å². The average molecular weight is 198 g/mol. The monoisotopic (exact) mass is 197 g/mol. The SMILES string of the molecule is Nc1cc(F)c(Cl)c(F)c1Cl. The average Bonchev–Trinajstić information content (AvgIpc) is 1.97. The van der Waals surface area contributed by atoms with Gasteiger partial charge in [-0.15, -0.1) is 0 Å². The third kappa shape index (κ3) is 1.39. The molecule has 0 fully saturated rings. The Labute approximate surface area is 71.7 Å². The van der Waals surface area contributed by atoms with Crippen molar-refractivity contribution in [1.82, 2.24) is 0 Å². The molecule has 0 radical (unpaired) electrons. The van der Waals surface area contributed by atoms with Crippen LogP contribution in [0.4, 0.5) is 14.5 Å². The highest BCUT2D eigenvalue weighted by Gasteiger charge is 2.13. The first-order valence-corrected chi connectivity index (χ1v) is 3.38. The van der Waals surface area contributed by atoms with Gasteiger partial charge in [0.1, 0.15) is 15.9 Å². The summed E-state index contributed by atoms with van der Waals surface area (Å²) in [6.45, 7) is 0. The Morgan fingerprint density at radius 1 is 1.18 bits per heavy atom. The molecule has 5 heteroatoms. The molecule has 0 amide bonds.